The topological polar surface area (TPSA) is 101 Å². The zero-order chi connectivity index (χ0) is 25.2. The number of carbonyl (C=O) groups excluding carboxylic acids is 1. The minimum Gasteiger partial charge on any atom is -0.481 e. The summed E-state index contributed by atoms with van der Waals surface area (Å²) < 4.78 is 25.9. The van der Waals surface area contributed by atoms with Gasteiger partial charge in [0.15, 0.2) is 0 Å². The Balaban J connectivity index is 1.36. The van der Waals surface area contributed by atoms with Crippen molar-refractivity contribution < 1.29 is 23.1 Å². The van der Waals surface area contributed by atoms with Gasteiger partial charge in [-0.25, -0.2) is 8.42 Å². The van der Waals surface area contributed by atoms with Crippen LogP contribution in [0.25, 0.3) is 0 Å². The van der Waals surface area contributed by atoms with Crippen LogP contribution in [0.5, 0.6) is 0 Å². The molecular weight excluding hydrogens is 502 g/mol. The fourth-order valence-electron chi connectivity index (χ4n) is 5.80. The predicted molar refractivity (Wildman–Crippen MR) is 139 cm³/mol. The summed E-state index contributed by atoms with van der Waals surface area (Å²) >= 11 is 2.19. The number of sulfone groups is 1. The van der Waals surface area contributed by atoms with Crippen LogP contribution in [0.15, 0.2) is 50.2 Å². The summed E-state index contributed by atoms with van der Waals surface area (Å²) in [6, 6.07) is 6.40. The highest BCUT2D eigenvalue weighted by Crippen LogP contribution is 2.63. The van der Waals surface area contributed by atoms with E-state index in [0.29, 0.717) is 46.9 Å². The molecule has 2 bridgehead atoms. The number of thiophene rings is 2. The monoisotopic (exact) mass is 535 g/mol. The molecule has 2 heterocycles. The van der Waals surface area contributed by atoms with Gasteiger partial charge in [-0.3, -0.25) is 9.59 Å². The van der Waals surface area contributed by atoms with E-state index in [2.05, 4.69) is 31.3 Å². The van der Waals surface area contributed by atoms with Gasteiger partial charge in [0, 0.05) is 13.0 Å². The van der Waals surface area contributed by atoms with Crippen LogP contribution in [-0.2, 0) is 14.6 Å². The van der Waals surface area contributed by atoms with Crippen LogP contribution in [0.1, 0.15) is 62.0 Å². The van der Waals surface area contributed by atoms with Gasteiger partial charge < -0.3 is 10.4 Å². The van der Waals surface area contributed by atoms with E-state index in [1.165, 1.54) is 23.8 Å². The molecule has 6 nitrogen and oxygen atoms in total. The number of carbonyl (C=O) groups is 2. The first-order valence-corrected chi connectivity index (χ1v) is 15.3. The molecule has 2 aromatic heterocycles. The van der Waals surface area contributed by atoms with E-state index in [0.717, 1.165) is 30.6 Å². The van der Waals surface area contributed by atoms with Crippen LogP contribution in [-0.4, -0.2) is 31.9 Å². The van der Waals surface area contributed by atoms with Crippen LogP contribution in [0.3, 0.4) is 0 Å². The van der Waals surface area contributed by atoms with Crippen molar-refractivity contribution in [1.82, 2.24) is 5.32 Å². The fourth-order valence-corrected chi connectivity index (χ4v) is 9.68. The molecule has 0 aliphatic heterocycles. The molecule has 2 N–H and O–H groups in total. The number of carboxylic acids is 1. The third-order valence-corrected chi connectivity index (χ3v) is 12.7. The molecule has 3 fully saturated rings. The summed E-state index contributed by atoms with van der Waals surface area (Å²) in [5.74, 6) is 1.18. The Kier molecular flexibility index (Phi) is 7.88. The van der Waals surface area contributed by atoms with E-state index in [9.17, 15) is 18.0 Å². The van der Waals surface area contributed by atoms with Crippen molar-refractivity contribution in [2.75, 3.05) is 6.54 Å². The summed E-state index contributed by atoms with van der Waals surface area (Å²) in [6.07, 6.45) is 9.17. The third kappa shape index (κ3) is 5.57. The lowest BCUT2D eigenvalue weighted by Gasteiger charge is -2.63. The highest BCUT2D eigenvalue weighted by Gasteiger charge is 2.56. The lowest BCUT2D eigenvalue weighted by Crippen LogP contribution is -2.57. The second-order valence-electron chi connectivity index (χ2n) is 10.3. The zero-order valence-corrected chi connectivity index (χ0v) is 22.6. The van der Waals surface area contributed by atoms with E-state index >= 15 is 0 Å². The number of fused-ring (bicyclic) bond motifs is 2. The van der Waals surface area contributed by atoms with Gasteiger partial charge in [0.2, 0.25) is 9.84 Å². The molecule has 0 unspecified atom stereocenters. The number of unbranched alkanes of at least 4 members (excludes halogenated alkanes) is 1. The van der Waals surface area contributed by atoms with Crippen LogP contribution < -0.4 is 5.32 Å². The number of allylic oxidation sites excluding steroid dienone is 2. The van der Waals surface area contributed by atoms with Gasteiger partial charge >= 0.3 is 5.97 Å². The standard InChI is InChI=1S/C26H33NO5S3/c1-26(2)18-14-17(19(20(26)15-18)8-5-3-4-6-9-22(28)29)16-27-25(30)21-11-12-24(34-21)35(31,32)23-10-7-13-33-23/h3,5,7,10-13,17-20H,4,6,8-9,14-16H2,1-2H3,(H,27,30)(H,28,29)/b5-3+/t17-,18+,19-,20+/m0/s1. The number of aliphatic carboxylic acids is 1. The Labute approximate surface area is 215 Å². The van der Waals surface area contributed by atoms with E-state index in [4.69, 9.17) is 5.11 Å². The quantitative estimate of drug-likeness (QED) is 0.277. The normalized spacial score (nSPS) is 25.3. The van der Waals surface area contributed by atoms with Crippen LogP contribution >= 0.6 is 22.7 Å². The van der Waals surface area contributed by atoms with Crippen LogP contribution in [0.2, 0.25) is 0 Å². The minimum atomic E-state index is -3.57. The van der Waals surface area contributed by atoms with Crippen molar-refractivity contribution >= 4 is 44.4 Å². The molecule has 0 radical (unpaired) electrons. The van der Waals surface area contributed by atoms with Gasteiger partial charge in [-0.15, -0.1) is 22.7 Å². The number of nitrogens with one attached hydrogen (secondary N) is 1. The Hall–Kier alpha value is -1.97. The molecule has 0 spiro atoms. The molecular formula is C26H33NO5S3. The zero-order valence-electron chi connectivity index (χ0n) is 20.1. The van der Waals surface area contributed by atoms with Gasteiger partial charge in [-0.2, -0.15) is 0 Å². The summed E-state index contributed by atoms with van der Waals surface area (Å²) in [4.78, 5) is 24.0. The first kappa shape index (κ1) is 26.1. The molecule has 3 aliphatic rings. The summed E-state index contributed by atoms with van der Waals surface area (Å²) in [5, 5.41) is 13.6. The van der Waals surface area contributed by atoms with Crippen molar-refractivity contribution in [2.45, 2.75) is 60.8 Å². The Morgan fingerprint density at radius 1 is 1.17 bits per heavy atom. The Bertz CT molecular complexity index is 1180. The summed E-state index contributed by atoms with van der Waals surface area (Å²) in [7, 11) is -3.57. The van der Waals surface area contributed by atoms with E-state index in [1.807, 2.05) is 0 Å². The maximum atomic E-state index is 12.9. The van der Waals surface area contributed by atoms with Crippen molar-refractivity contribution in [3.63, 3.8) is 0 Å². The molecule has 190 valence electrons. The molecule has 9 heteroatoms. The molecule has 35 heavy (non-hydrogen) atoms. The maximum absolute atomic E-state index is 12.9. The molecule has 0 aromatic carbocycles. The predicted octanol–water partition coefficient (Wildman–Crippen LogP) is 5.87. The van der Waals surface area contributed by atoms with Gasteiger partial charge in [0.05, 0.1) is 4.88 Å². The number of carboxylic acid groups (broad SMARTS) is 1. The van der Waals surface area contributed by atoms with Gasteiger partial charge in [0.1, 0.15) is 8.42 Å². The van der Waals surface area contributed by atoms with Gasteiger partial charge in [0.25, 0.3) is 5.91 Å². The first-order chi connectivity index (χ1) is 16.6. The third-order valence-electron chi connectivity index (χ3n) is 7.95. The summed E-state index contributed by atoms with van der Waals surface area (Å²) in [5.41, 5.74) is 0.321. The Morgan fingerprint density at radius 2 is 1.97 bits per heavy atom. The molecule has 3 aliphatic carbocycles. The number of hydrogen-bond donors (Lipinski definition) is 2. The van der Waals surface area contributed by atoms with E-state index < -0.39 is 15.8 Å². The number of hydrogen-bond acceptors (Lipinski definition) is 6. The highest BCUT2D eigenvalue weighted by molar-refractivity contribution is 7.95. The average Bonchev–Trinajstić information content (AvgIpc) is 3.53. The SMILES string of the molecule is CC1(C)[C@@H]2C[C@@H](CNC(=O)c3ccc(S(=O)(=O)c4cccs4)s3)[C@H](C/C=C/CCCC(=O)O)[C@H]1C2. The highest BCUT2D eigenvalue weighted by atomic mass is 32.3. The molecule has 0 saturated heterocycles. The van der Waals surface area contributed by atoms with Gasteiger partial charge in [-0.1, -0.05) is 32.1 Å². The first-order valence-electron chi connectivity index (χ1n) is 12.1. The fraction of sp³-hybridized carbons (Fsp3) is 0.538. The molecule has 1 amide bonds. The molecule has 5 rings (SSSR count). The lowest BCUT2D eigenvalue weighted by molar-refractivity contribution is -0.137. The molecule has 2 aromatic rings. The smallest absolute Gasteiger partial charge is 0.303 e. The summed E-state index contributed by atoms with van der Waals surface area (Å²) in [6.45, 7) is 5.29. The van der Waals surface area contributed by atoms with E-state index in [1.54, 1.807) is 23.6 Å². The van der Waals surface area contributed by atoms with Crippen molar-refractivity contribution in [3.8, 4) is 0 Å². The maximum Gasteiger partial charge on any atom is 0.303 e. The van der Waals surface area contributed by atoms with Crippen molar-refractivity contribution in [3.05, 3.63) is 46.7 Å². The van der Waals surface area contributed by atoms with Gasteiger partial charge in [-0.05, 0) is 84.8 Å². The van der Waals surface area contributed by atoms with Crippen LogP contribution in [0, 0.1) is 29.1 Å². The molecule has 4 atom stereocenters. The minimum absolute atomic E-state index is 0.191. The average molecular weight is 536 g/mol. The number of amides is 1. The lowest BCUT2D eigenvalue weighted by atomic mass is 9.43. The Morgan fingerprint density at radius 3 is 2.66 bits per heavy atom. The van der Waals surface area contributed by atoms with Crippen molar-refractivity contribution in [1.29, 1.82) is 0 Å². The van der Waals surface area contributed by atoms with Crippen LogP contribution in [0.4, 0.5) is 0 Å². The second-order valence-corrected chi connectivity index (χ2v) is 14.7. The van der Waals surface area contributed by atoms with E-state index in [-0.39, 0.29) is 20.7 Å². The largest absolute Gasteiger partial charge is 0.481 e. The second kappa shape index (κ2) is 10.6. The molecule has 3 saturated carbocycles. The number of rotatable bonds is 11. The van der Waals surface area contributed by atoms with Crippen molar-refractivity contribution in [2.24, 2.45) is 29.1 Å².